The van der Waals surface area contributed by atoms with Gasteiger partial charge in [0, 0.05) is 42.0 Å². The number of aliphatic hydroxyl groups is 1. The van der Waals surface area contributed by atoms with Crippen molar-refractivity contribution >= 4 is 35.3 Å². The Hall–Kier alpha value is -3.46. The Kier molecular flexibility index (Phi) is 8.91. The van der Waals surface area contributed by atoms with Crippen molar-refractivity contribution in [2.45, 2.75) is 46.8 Å². The molecule has 0 saturated heterocycles. The van der Waals surface area contributed by atoms with Crippen molar-refractivity contribution in [3.8, 4) is 5.82 Å². The lowest BCUT2D eigenvalue weighted by molar-refractivity contribution is -0.107. The van der Waals surface area contributed by atoms with E-state index >= 15 is 0 Å². The Morgan fingerprint density at radius 2 is 1.97 bits per heavy atom. The third-order valence-electron chi connectivity index (χ3n) is 5.54. The molecular formula is C27H28Cl2N4O4. The van der Waals surface area contributed by atoms with Crippen LogP contribution in [0, 0.1) is 6.92 Å². The molecule has 3 heterocycles. The van der Waals surface area contributed by atoms with E-state index < -0.39 is 11.2 Å². The summed E-state index contributed by atoms with van der Waals surface area (Å²) in [6.45, 7) is 8.37. The molecule has 194 valence electrons. The minimum absolute atomic E-state index is 0.0861. The van der Waals surface area contributed by atoms with Crippen LogP contribution in [0.25, 0.3) is 5.82 Å². The first-order valence-electron chi connectivity index (χ1n) is 11.4. The molecule has 3 aromatic rings. The first-order valence-corrected chi connectivity index (χ1v) is 12.1. The van der Waals surface area contributed by atoms with Crippen molar-refractivity contribution in [3.05, 3.63) is 104 Å². The number of hydrogen-bond donors (Lipinski definition) is 1. The van der Waals surface area contributed by atoms with E-state index in [0.29, 0.717) is 50.7 Å². The van der Waals surface area contributed by atoms with Crippen LogP contribution in [0.5, 0.6) is 0 Å². The molecule has 0 aliphatic rings. The van der Waals surface area contributed by atoms with Gasteiger partial charge in [-0.15, -0.1) is 0 Å². The number of amides is 1. The van der Waals surface area contributed by atoms with E-state index in [1.165, 1.54) is 23.3 Å². The zero-order valence-electron chi connectivity index (χ0n) is 21.2. The number of halogens is 2. The standard InChI is InChI=1S/C27H28Cl2N4O4/c1-17-14-31-25(32-11-7-8-20(26(32)35)27(4,5)36)13-23(17)33(16-34)18(2)12-24(19(3)28)37-15-22-21(29)9-6-10-30-22/h6-14,16,36H,15H2,1-5H3/b18-12-,24-19-. The summed E-state index contributed by atoms with van der Waals surface area (Å²) in [5, 5.41) is 11.2. The zero-order valence-corrected chi connectivity index (χ0v) is 22.7. The summed E-state index contributed by atoms with van der Waals surface area (Å²) in [7, 11) is 0. The van der Waals surface area contributed by atoms with Gasteiger partial charge in [0.2, 0.25) is 6.41 Å². The number of aromatic nitrogens is 3. The number of anilines is 1. The number of nitrogens with zero attached hydrogens (tertiary/aromatic N) is 4. The highest BCUT2D eigenvalue weighted by Gasteiger charge is 2.22. The van der Waals surface area contributed by atoms with E-state index in [1.54, 1.807) is 75.8 Å². The van der Waals surface area contributed by atoms with Crippen molar-refractivity contribution in [2.24, 2.45) is 0 Å². The normalized spacial score (nSPS) is 12.7. The van der Waals surface area contributed by atoms with Gasteiger partial charge < -0.3 is 9.84 Å². The third-order valence-corrected chi connectivity index (χ3v) is 6.07. The molecule has 3 aromatic heterocycles. The first-order chi connectivity index (χ1) is 17.4. The number of aryl methyl sites for hydroxylation is 1. The van der Waals surface area contributed by atoms with Gasteiger partial charge in [0.05, 0.1) is 27.0 Å². The molecule has 37 heavy (non-hydrogen) atoms. The highest BCUT2D eigenvalue weighted by molar-refractivity contribution is 6.31. The van der Waals surface area contributed by atoms with Crippen LogP contribution in [0.4, 0.5) is 5.69 Å². The van der Waals surface area contributed by atoms with Crippen LogP contribution in [-0.2, 0) is 21.7 Å². The Labute approximate surface area is 225 Å². The average molecular weight is 543 g/mol. The summed E-state index contributed by atoms with van der Waals surface area (Å²) in [4.78, 5) is 35.2. The molecule has 0 bridgehead atoms. The largest absolute Gasteiger partial charge is 0.486 e. The molecule has 0 saturated carbocycles. The summed E-state index contributed by atoms with van der Waals surface area (Å²) in [5.74, 6) is 0.635. The highest BCUT2D eigenvalue weighted by Crippen LogP contribution is 2.26. The number of hydrogen-bond acceptors (Lipinski definition) is 6. The van der Waals surface area contributed by atoms with Crippen molar-refractivity contribution < 1.29 is 14.6 Å². The Morgan fingerprint density at radius 3 is 2.59 bits per heavy atom. The summed E-state index contributed by atoms with van der Waals surface area (Å²) in [6.07, 6.45) is 7.03. The maximum absolute atomic E-state index is 13.0. The second-order valence-corrected chi connectivity index (χ2v) is 9.84. The number of pyridine rings is 3. The average Bonchev–Trinajstić information content (AvgIpc) is 2.83. The first kappa shape index (κ1) is 28.1. The molecule has 1 N–H and O–H groups in total. The van der Waals surface area contributed by atoms with Gasteiger partial charge in [-0.3, -0.25) is 24.0 Å². The van der Waals surface area contributed by atoms with Gasteiger partial charge in [-0.25, -0.2) is 4.98 Å². The topological polar surface area (TPSA) is 97.5 Å². The minimum atomic E-state index is -1.33. The number of ether oxygens (including phenoxy) is 1. The van der Waals surface area contributed by atoms with E-state index in [1.807, 2.05) is 0 Å². The number of rotatable bonds is 9. The van der Waals surface area contributed by atoms with E-state index in [0.717, 1.165) is 0 Å². The van der Waals surface area contributed by atoms with Gasteiger partial charge in [-0.05, 0) is 64.4 Å². The minimum Gasteiger partial charge on any atom is -0.486 e. The second-order valence-electron chi connectivity index (χ2n) is 8.86. The molecule has 10 heteroatoms. The Morgan fingerprint density at radius 1 is 1.24 bits per heavy atom. The van der Waals surface area contributed by atoms with Crippen molar-refractivity contribution in [2.75, 3.05) is 4.90 Å². The lowest BCUT2D eigenvalue weighted by Gasteiger charge is -2.22. The highest BCUT2D eigenvalue weighted by atomic mass is 35.5. The summed E-state index contributed by atoms with van der Waals surface area (Å²) < 4.78 is 7.18. The zero-order chi connectivity index (χ0) is 27.3. The molecule has 0 aliphatic carbocycles. The summed E-state index contributed by atoms with van der Waals surface area (Å²) in [5.41, 5.74) is 0.745. The maximum Gasteiger partial charge on any atom is 0.262 e. The second kappa shape index (κ2) is 11.7. The molecule has 0 atom stereocenters. The predicted octanol–water partition coefficient (Wildman–Crippen LogP) is 5.37. The van der Waals surface area contributed by atoms with Crippen LogP contribution in [0.3, 0.4) is 0 Å². The molecule has 0 aliphatic heterocycles. The lowest BCUT2D eigenvalue weighted by atomic mass is 10.0. The predicted molar refractivity (Wildman–Crippen MR) is 145 cm³/mol. The van der Waals surface area contributed by atoms with Crippen LogP contribution in [0.15, 0.2) is 76.3 Å². The molecule has 0 aromatic carbocycles. The van der Waals surface area contributed by atoms with Gasteiger partial charge in [0.15, 0.2) is 0 Å². The van der Waals surface area contributed by atoms with Crippen LogP contribution in [0.1, 0.15) is 44.5 Å². The van der Waals surface area contributed by atoms with Crippen molar-refractivity contribution in [1.29, 1.82) is 0 Å². The summed E-state index contributed by atoms with van der Waals surface area (Å²) in [6, 6.07) is 8.29. The fraction of sp³-hybridized carbons (Fsp3) is 0.259. The van der Waals surface area contributed by atoms with Crippen LogP contribution in [-0.4, -0.2) is 26.1 Å². The number of carbonyl (C=O) groups excluding carboxylic acids is 1. The lowest BCUT2D eigenvalue weighted by Crippen LogP contribution is -2.31. The van der Waals surface area contributed by atoms with Gasteiger partial charge in [0.25, 0.3) is 5.56 Å². The Balaban J connectivity index is 1.98. The molecule has 1 amide bonds. The van der Waals surface area contributed by atoms with E-state index in [9.17, 15) is 14.7 Å². The van der Waals surface area contributed by atoms with Crippen LogP contribution >= 0.6 is 23.2 Å². The molecule has 0 fully saturated rings. The quantitative estimate of drug-likeness (QED) is 0.221. The Bertz CT molecular complexity index is 1420. The molecule has 0 unspecified atom stereocenters. The van der Waals surface area contributed by atoms with Gasteiger partial charge >= 0.3 is 0 Å². The third kappa shape index (κ3) is 6.65. The van der Waals surface area contributed by atoms with Crippen molar-refractivity contribution in [3.63, 3.8) is 0 Å². The molecule has 0 radical (unpaired) electrons. The van der Waals surface area contributed by atoms with Gasteiger partial charge in [0.1, 0.15) is 18.2 Å². The van der Waals surface area contributed by atoms with Crippen molar-refractivity contribution in [1.82, 2.24) is 14.5 Å². The number of carbonyl (C=O) groups is 1. The van der Waals surface area contributed by atoms with E-state index in [-0.39, 0.29) is 12.2 Å². The molecule has 0 spiro atoms. The maximum atomic E-state index is 13.0. The molecular weight excluding hydrogens is 515 g/mol. The summed E-state index contributed by atoms with van der Waals surface area (Å²) >= 11 is 12.4. The van der Waals surface area contributed by atoms with Gasteiger partial charge in [-0.2, -0.15) is 0 Å². The SMILES string of the molecule is C/C(=C/C(OCc1ncccc1Cl)=C(\C)Cl)N(C=O)c1cc(-n2cccc(C(C)(C)O)c2=O)ncc1C. The molecule has 3 rings (SSSR count). The fourth-order valence-electron chi connectivity index (χ4n) is 3.53. The fourth-order valence-corrected chi connectivity index (χ4v) is 3.82. The van der Waals surface area contributed by atoms with Gasteiger partial charge in [-0.1, -0.05) is 23.2 Å². The molecule has 8 nitrogen and oxygen atoms in total. The monoisotopic (exact) mass is 542 g/mol. The van der Waals surface area contributed by atoms with E-state index in [2.05, 4.69) is 9.97 Å². The van der Waals surface area contributed by atoms with Crippen LogP contribution < -0.4 is 10.5 Å². The van der Waals surface area contributed by atoms with E-state index in [4.69, 9.17) is 27.9 Å². The number of allylic oxidation sites excluding steroid dienone is 3. The van der Waals surface area contributed by atoms with Crippen LogP contribution in [0.2, 0.25) is 5.02 Å². The smallest absolute Gasteiger partial charge is 0.262 e.